The lowest BCUT2D eigenvalue weighted by Gasteiger charge is -2.24. The van der Waals surface area contributed by atoms with Crippen molar-refractivity contribution in [3.05, 3.63) is 18.6 Å². The molecule has 5 nitrogen and oxygen atoms in total. The van der Waals surface area contributed by atoms with Crippen molar-refractivity contribution >= 4 is 5.82 Å². The van der Waals surface area contributed by atoms with Gasteiger partial charge in [-0.3, -0.25) is 0 Å². The molecule has 1 N–H and O–H groups in total. The van der Waals surface area contributed by atoms with Crippen LogP contribution in [0.4, 0.5) is 5.82 Å². The molecule has 1 aromatic rings. The van der Waals surface area contributed by atoms with Crippen molar-refractivity contribution in [1.29, 1.82) is 0 Å². The van der Waals surface area contributed by atoms with Crippen LogP contribution in [0.1, 0.15) is 0 Å². The molecule has 0 fully saturated rings. The van der Waals surface area contributed by atoms with E-state index in [2.05, 4.69) is 21.2 Å². The molecule has 1 radical (unpaired) electrons. The molecule has 1 rings (SSSR count). The average molecular weight is 209 g/mol. The summed E-state index contributed by atoms with van der Waals surface area (Å²) in [6.07, 6.45) is 4.21. The quantitative estimate of drug-likeness (QED) is 0.693. The van der Waals surface area contributed by atoms with E-state index >= 15 is 0 Å². The second kappa shape index (κ2) is 6.31. The van der Waals surface area contributed by atoms with E-state index in [1.165, 1.54) is 0 Å². The average Bonchev–Trinajstić information content (AvgIpc) is 2.25. The van der Waals surface area contributed by atoms with Crippen molar-refractivity contribution in [1.82, 2.24) is 14.9 Å². The second-order valence-corrected chi connectivity index (χ2v) is 3.53. The van der Waals surface area contributed by atoms with Crippen molar-refractivity contribution in [2.24, 2.45) is 0 Å². The fourth-order valence-electron chi connectivity index (χ4n) is 1.21. The second-order valence-electron chi connectivity index (χ2n) is 3.53. The monoisotopic (exact) mass is 209 g/mol. The number of aliphatic hydroxyl groups is 1. The van der Waals surface area contributed by atoms with E-state index in [4.69, 9.17) is 5.11 Å². The molecule has 1 heterocycles. The summed E-state index contributed by atoms with van der Waals surface area (Å²) in [5.74, 6) is 0.806. The molecule has 0 saturated heterocycles. The zero-order valence-corrected chi connectivity index (χ0v) is 9.22. The molecular formula is C10H17N4O. The van der Waals surface area contributed by atoms with Crippen molar-refractivity contribution in [2.45, 2.75) is 0 Å². The Bertz CT molecular complexity index is 265. The van der Waals surface area contributed by atoms with E-state index in [1.54, 1.807) is 6.20 Å². The van der Waals surface area contributed by atoms with E-state index in [0.717, 1.165) is 18.9 Å². The predicted octanol–water partition coefficient (Wildman–Crippen LogP) is -0.363. The molecular weight excluding hydrogens is 192 g/mol. The van der Waals surface area contributed by atoms with Gasteiger partial charge in [-0.15, -0.1) is 0 Å². The molecule has 0 aliphatic carbocycles. The summed E-state index contributed by atoms with van der Waals surface area (Å²) in [6.45, 7) is 2.46. The van der Waals surface area contributed by atoms with Gasteiger partial charge in [0, 0.05) is 25.8 Å². The minimum Gasteiger partial charge on any atom is -0.395 e. The Kier molecular flexibility index (Phi) is 5.00. The van der Waals surface area contributed by atoms with E-state index in [0.29, 0.717) is 6.54 Å². The van der Waals surface area contributed by atoms with E-state index in [9.17, 15) is 0 Å². The summed E-state index contributed by atoms with van der Waals surface area (Å²) >= 11 is 0. The lowest BCUT2D eigenvalue weighted by Crippen LogP contribution is -2.34. The highest BCUT2D eigenvalue weighted by Crippen LogP contribution is 2.06. The van der Waals surface area contributed by atoms with Gasteiger partial charge in [0.25, 0.3) is 0 Å². The Morgan fingerprint density at radius 2 is 2.13 bits per heavy atom. The van der Waals surface area contributed by atoms with Crippen LogP contribution in [0.3, 0.4) is 0 Å². The maximum atomic E-state index is 8.95. The number of nitrogens with zero attached hydrogens (tertiary/aromatic N) is 4. The minimum absolute atomic E-state index is 0.122. The van der Waals surface area contributed by atoms with Gasteiger partial charge in [-0.2, -0.15) is 0 Å². The maximum absolute atomic E-state index is 8.95. The fourth-order valence-corrected chi connectivity index (χ4v) is 1.21. The molecule has 0 atom stereocenters. The van der Waals surface area contributed by atoms with Crippen LogP contribution in [0, 0.1) is 6.33 Å². The lowest BCUT2D eigenvalue weighted by molar-refractivity contribution is 0.298. The Balaban J connectivity index is 2.57. The third-order valence-electron chi connectivity index (χ3n) is 2.03. The topological polar surface area (TPSA) is 52.5 Å². The Labute approximate surface area is 90.4 Å². The van der Waals surface area contributed by atoms with Crippen LogP contribution in [0.5, 0.6) is 0 Å². The van der Waals surface area contributed by atoms with Crippen molar-refractivity contribution in [3.63, 3.8) is 0 Å². The zero-order chi connectivity index (χ0) is 11.1. The largest absolute Gasteiger partial charge is 0.395 e. The highest BCUT2D eigenvalue weighted by molar-refractivity contribution is 5.36. The molecule has 0 unspecified atom stereocenters. The van der Waals surface area contributed by atoms with Gasteiger partial charge >= 0.3 is 0 Å². The summed E-state index contributed by atoms with van der Waals surface area (Å²) in [6, 6.07) is 1.82. The summed E-state index contributed by atoms with van der Waals surface area (Å²) in [5.41, 5.74) is 0. The van der Waals surface area contributed by atoms with Crippen molar-refractivity contribution < 1.29 is 5.11 Å². The molecule has 15 heavy (non-hydrogen) atoms. The highest BCUT2D eigenvalue weighted by atomic mass is 16.3. The van der Waals surface area contributed by atoms with Crippen LogP contribution >= 0.6 is 0 Å². The van der Waals surface area contributed by atoms with Crippen LogP contribution in [0.15, 0.2) is 12.3 Å². The van der Waals surface area contributed by atoms with Crippen molar-refractivity contribution in [3.8, 4) is 0 Å². The van der Waals surface area contributed by atoms with Gasteiger partial charge in [0.2, 0.25) is 0 Å². The fraction of sp³-hybridized carbons (Fsp3) is 0.600. The summed E-state index contributed by atoms with van der Waals surface area (Å²) in [4.78, 5) is 11.9. The Morgan fingerprint density at radius 3 is 2.67 bits per heavy atom. The number of aromatic nitrogens is 2. The van der Waals surface area contributed by atoms with Crippen LogP contribution in [-0.4, -0.2) is 60.3 Å². The molecule has 0 aliphatic heterocycles. The van der Waals surface area contributed by atoms with Gasteiger partial charge in [-0.05, 0) is 20.2 Å². The normalized spacial score (nSPS) is 10.7. The van der Waals surface area contributed by atoms with Gasteiger partial charge < -0.3 is 14.9 Å². The van der Waals surface area contributed by atoms with Crippen molar-refractivity contribution in [2.75, 3.05) is 45.2 Å². The third-order valence-corrected chi connectivity index (χ3v) is 2.03. The number of hydrogen-bond donors (Lipinski definition) is 1. The van der Waals surface area contributed by atoms with Gasteiger partial charge in [-0.25, -0.2) is 9.97 Å². The van der Waals surface area contributed by atoms with Crippen LogP contribution in [-0.2, 0) is 0 Å². The van der Waals surface area contributed by atoms with E-state index < -0.39 is 0 Å². The molecule has 0 spiro atoms. The van der Waals surface area contributed by atoms with Gasteiger partial charge in [0.15, 0.2) is 6.33 Å². The van der Waals surface area contributed by atoms with Crippen LogP contribution in [0.25, 0.3) is 0 Å². The number of hydrogen-bond acceptors (Lipinski definition) is 5. The maximum Gasteiger partial charge on any atom is 0.199 e. The standard InChI is InChI=1S/C10H17N4O/c1-13(2)5-6-14(7-8-15)10-3-4-11-9-12-10/h3-4,15H,5-8H2,1-2H3. The smallest absolute Gasteiger partial charge is 0.199 e. The van der Waals surface area contributed by atoms with E-state index in [1.807, 2.05) is 25.1 Å². The number of aliphatic hydroxyl groups excluding tert-OH is 1. The van der Waals surface area contributed by atoms with Gasteiger partial charge in [0.05, 0.1) is 6.61 Å². The van der Waals surface area contributed by atoms with Crippen LogP contribution in [0.2, 0.25) is 0 Å². The van der Waals surface area contributed by atoms with Crippen LogP contribution < -0.4 is 4.90 Å². The first-order valence-corrected chi connectivity index (χ1v) is 4.93. The molecule has 0 amide bonds. The predicted molar refractivity (Wildman–Crippen MR) is 58.7 cm³/mol. The lowest BCUT2D eigenvalue weighted by atomic mass is 10.4. The Morgan fingerprint density at radius 1 is 1.33 bits per heavy atom. The first-order valence-electron chi connectivity index (χ1n) is 4.93. The van der Waals surface area contributed by atoms with E-state index in [-0.39, 0.29) is 6.61 Å². The Hall–Kier alpha value is -1.20. The molecule has 0 aromatic carbocycles. The molecule has 83 valence electrons. The summed E-state index contributed by atoms with van der Waals surface area (Å²) < 4.78 is 0. The molecule has 0 saturated carbocycles. The summed E-state index contributed by atoms with van der Waals surface area (Å²) in [5, 5.41) is 8.95. The third kappa shape index (κ3) is 4.22. The molecule has 5 heteroatoms. The molecule has 1 aromatic heterocycles. The number of anilines is 1. The first kappa shape index (κ1) is 11.9. The van der Waals surface area contributed by atoms with Gasteiger partial charge in [0.1, 0.15) is 5.82 Å². The number of rotatable bonds is 6. The molecule has 0 bridgehead atoms. The van der Waals surface area contributed by atoms with Gasteiger partial charge in [-0.1, -0.05) is 0 Å². The first-order chi connectivity index (χ1) is 7.24. The molecule has 0 aliphatic rings. The SMILES string of the molecule is CN(C)CCN(CCO)c1ccn[c]n1. The highest BCUT2D eigenvalue weighted by Gasteiger charge is 2.06. The number of likely N-dealkylation sites (N-methyl/N-ethyl adjacent to an activating group) is 1. The minimum atomic E-state index is 0.122. The summed E-state index contributed by atoms with van der Waals surface area (Å²) in [7, 11) is 4.03. The zero-order valence-electron chi connectivity index (χ0n) is 9.22.